The van der Waals surface area contributed by atoms with Crippen LogP contribution in [0.3, 0.4) is 0 Å². The van der Waals surface area contributed by atoms with E-state index in [0.717, 1.165) is 17.4 Å². The molecule has 0 radical (unpaired) electrons. The van der Waals surface area contributed by atoms with Crippen LogP contribution in [0.2, 0.25) is 0 Å². The molecule has 14 heteroatoms. The first-order valence-corrected chi connectivity index (χ1v) is 12.0. The van der Waals surface area contributed by atoms with Crippen LogP contribution in [-0.4, -0.2) is 31.8 Å². The molecule has 0 saturated heterocycles. The maximum absolute atomic E-state index is 13.1. The molecular formula is C22H18F3N7O2S2. The molecule has 4 rings (SSSR count). The van der Waals surface area contributed by atoms with Gasteiger partial charge in [0, 0.05) is 23.3 Å². The molecule has 3 N–H and O–H groups in total. The summed E-state index contributed by atoms with van der Waals surface area (Å²) in [5, 5.41) is 11.0. The van der Waals surface area contributed by atoms with Crippen LogP contribution in [0.4, 0.5) is 29.8 Å². The fraction of sp³-hybridized carbons (Fsp3) is 0.182. The Morgan fingerprint density at radius 2 is 1.86 bits per heavy atom. The van der Waals surface area contributed by atoms with Gasteiger partial charge in [-0.15, -0.1) is 22.7 Å². The van der Waals surface area contributed by atoms with Gasteiger partial charge in [-0.3, -0.25) is 9.59 Å². The van der Waals surface area contributed by atoms with Gasteiger partial charge in [-0.25, -0.2) is 19.9 Å². The lowest BCUT2D eigenvalue weighted by Gasteiger charge is -2.12. The van der Waals surface area contributed by atoms with Gasteiger partial charge in [-0.1, -0.05) is 6.07 Å². The lowest BCUT2D eigenvalue weighted by molar-refractivity contribution is -0.138. The summed E-state index contributed by atoms with van der Waals surface area (Å²) in [5.74, 6) is -0.689. The average Bonchev–Trinajstić information content (AvgIpc) is 3.52. The van der Waals surface area contributed by atoms with Gasteiger partial charge in [0.05, 0.1) is 17.8 Å². The van der Waals surface area contributed by atoms with E-state index in [1.54, 1.807) is 18.5 Å². The molecule has 4 aromatic rings. The second kappa shape index (κ2) is 10.4. The number of hydrogen-bond acceptors (Lipinski definition) is 9. The highest BCUT2D eigenvalue weighted by Crippen LogP contribution is 2.33. The van der Waals surface area contributed by atoms with E-state index in [1.165, 1.54) is 49.0 Å². The maximum atomic E-state index is 13.1. The normalized spacial score (nSPS) is 12.1. The lowest BCUT2D eigenvalue weighted by atomic mass is 10.1. The average molecular weight is 534 g/mol. The third-order valence-corrected chi connectivity index (χ3v) is 6.70. The minimum Gasteiger partial charge on any atom is -0.342 e. The van der Waals surface area contributed by atoms with Crippen molar-refractivity contribution < 1.29 is 22.8 Å². The van der Waals surface area contributed by atoms with Crippen molar-refractivity contribution in [2.24, 2.45) is 0 Å². The number of anilines is 3. The number of nitrogens with zero attached hydrogens (tertiary/aromatic N) is 4. The fourth-order valence-electron chi connectivity index (χ4n) is 3.07. The molecule has 3 heterocycles. The number of halogens is 3. The zero-order valence-corrected chi connectivity index (χ0v) is 20.4. The third kappa shape index (κ3) is 6.01. The molecule has 186 valence electrons. The number of thiazole rings is 2. The van der Waals surface area contributed by atoms with Gasteiger partial charge in [0.15, 0.2) is 5.13 Å². The van der Waals surface area contributed by atoms with Crippen molar-refractivity contribution in [3.63, 3.8) is 0 Å². The van der Waals surface area contributed by atoms with E-state index in [1.807, 2.05) is 0 Å². The molecule has 0 aliphatic carbocycles. The smallest absolute Gasteiger partial charge is 0.342 e. The zero-order valence-electron chi connectivity index (χ0n) is 18.8. The first-order valence-electron chi connectivity index (χ1n) is 10.3. The van der Waals surface area contributed by atoms with E-state index in [2.05, 4.69) is 35.9 Å². The molecule has 3 aromatic heterocycles. The summed E-state index contributed by atoms with van der Waals surface area (Å²) in [6, 6.07) is 4.48. The van der Waals surface area contributed by atoms with Crippen LogP contribution < -0.4 is 16.0 Å². The summed E-state index contributed by atoms with van der Waals surface area (Å²) in [6.45, 7) is 3.03. The molecule has 36 heavy (non-hydrogen) atoms. The fourth-order valence-corrected chi connectivity index (χ4v) is 4.42. The Bertz CT molecular complexity index is 1390. The molecule has 0 fully saturated rings. The van der Waals surface area contributed by atoms with Crippen molar-refractivity contribution in [3.8, 4) is 0 Å². The number of rotatable bonds is 7. The summed E-state index contributed by atoms with van der Waals surface area (Å²) in [7, 11) is 0. The van der Waals surface area contributed by atoms with Crippen LogP contribution in [0.1, 0.15) is 49.3 Å². The molecule has 0 spiro atoms. The van der Waals surface area contributed by atoms with Crippen molar-refractivity contribution >= 4 is 51.1 Å². The van der Waals surface area contributed by atoms with E-state index in [9.17, 15) is 22.8 Å². The molecule has 2 amide bonds. The number of hydrogen-bond donors (Lipinski definition) is 3. The quantitative estimate of drug-likeness (QED) is 0.298. The summed E-state index contributed by atoms with van der Waals surface area (Å²) < 4.78 is 39.4. The lowest BCUT2D eigenvalue weighted by Crippen LogP contribution is -2.27. The number of nitrogens with one attached hydrogen (secondary N) is 3. The summed E-state index contributed by atoms with van der Waals surface area (Å²) in [5.41, 5.74) is -0.637. The Hall–Kier alpha value is -3.91. The first kappa shape index (κ1) is 25.2. The highest BCUT2D eigenvalue weighted by Gasteiger charge is 2.32. The minimum atomic E-state index is -4.53. The number of carbonyl (C=O) groups excluding carboxylic acids is 2. The predicted octanol–water partition coefficient (Wildman–Crippen LogP) is 5.20. The monoisotopic (exact) mass is 533 g/mol. The standard InChI is InChI=1S/C22H18F3N7O2S2/c1-11-3-4-13(7-14(11)22(23,24)25)31-19(34)16-9-27-20(36-16)12(2)30-18(33)15-8-17(29-10-28-15)32-21-26-5-6-35-21/h3-10,12H,1-2H3,(H,30,33)(H,31,34)(H,26,28,29,32). The van der Waals surface area contributed by atoms with Crippen LogP contribution in [0.25, 0.3) is 0 Å². The van der Waals surface area contributed by atoms with Gasteiger partial charge >= 0.3 is 6.18 Å². The summed E-state index contributed by atoms with van der Waals surface area (Å²) in [4.78, 5) is 41.7. The Kier molecular flexibility index (Phi) is 7.26. The largest absolute Gasteiger partial charge is 0.416 e. The van der Waals surface area contributed by atoms with Crippen LogP contribution in [0.15, 0.2) is 48.4 Å². The van der Waals surface area contributed by atoms with Crippen molar-refractivity contribution in [3.05, 3.63) is 75.1 Å². The van der Waals surface area contributed by atoms with E-state index in [-0.39, 0.29) is 21.8 Å². The van der Waals surface area contributed by atoms with Gasteiger partial charge in [-0.05, 0) is 31.5 Å². The van der Waals surface area contributed by atoms with Crippen molar-refractivity contribution in [2.75, 3.05) is 10.6 Å². The van der Waals surface area contributed by atoms with Gasteiger partial charge < -0.3 is 16.0 Å². The molecule has 1 atom stereocenters. The predicted molar refractivity (Wildman–Crippen MR) is 130 cm³/mol. The number of alkyl halides is 3. The van der Waals surface area contributed by atoms with E-state index >= 15 is 0 Å². The van der Waals surface area contributed by atoms with Gasteiger partial charge in [0.2, 0.25) is 0 Å². The van der Waals surface area contributed by atoms with Crippen LogP contribution in [-0.2, 0) is 6.18 Å². The SMILES string of the molecule is Cc1ccc(NC(=O)c2cnc(C(C)NC(=O)c3cc(Nc4nccs4)ncn3)s2)cc1C(F)(F)F. The number of carbonyl (C=O) groups is 2. The van der Waals surface area contributed by atoms with Crippen molar-refractivity contribution in [1.29, 1.82) is 0 Å². The van der Waals surface area contributed by atoms with Gasteiger partial charge in [0.1, 0.15) is 27.7 Å². The summed E-state index contributed by atoms with van der Waals surface area (Å²) >= 11 is 2.39. The molecule has 1 unspecified atom stereocenters. The topological polar surface area (TPSA) is 122 Å². The highest BCUT2D eigenvalue weighted by atomic mass is 32.1. The Morgan fingerprint density at radius 1 is 1.06 bits per heavy atom. The van der Waals surface area contributed by atoms with E-state index < -0.39 is 29.6 Å². The second-order valence-electron chi connectivity index (χ2n) is 7.49. The summed E-state index contributed by atoms with van der Waals surface area (Å²) in [6.07, 6.45) is -0.349. The Labute approximate surface area is 210 Å². The number of aromatic nitrogens is 4. The Balaban J connectivity index is 1.40. The minimum absolute atomic E-state index is 0.0140. The van der Waals surface area contributed by atoms with E-state index in [0.29, 0.717) is 16.0 Å². The molecule has 0 bridgehead atoms. The van der Waals surface area contributed by atoms with Crippen molar-refractivity contribution in [1.82, 2.24) is 25.3 Å². The molecule has 9 nitrogen and oxygen atoms in total. The molecule has 0 aliphatic rings. The number of aryl methyl sites for hydroxylation is 1. The molecule has 0 aliphatic heterocycles. The van der Waals surface area contributed by atoms with Gasteiger partial charge in [-0.2, -0.15) is 13.2 Å². The van der Waals surface area contributed by atoms with Crippen LogP contribution >= 0.6 is 22.7 Å². The van der Waals surface area contributed by atoms with E-state index in [4.69, 9.17) is 0 Å². The highest BCUT2D eigenvalue weighted by molar-refractivity contribution is 7.14. The molecule has 0 saturated carbocycles. The third-order valence-electron chi connectivity index (χ3n) is 4.83. The van der Waals surface area contributed by atoms with Crippen molar-refractivity contribution in [2.45, 2.75) is 26.1 Å². The number of amides is 2. The molecule has 1 aromatic carbocycles. The number of benzene rings is 1. The Morgan fingerprint density at radius 3 is 2.58 bits per heavy atom. The zero-order chi connectivity index (χ0) is 25.9. The van der Waals surface area contributed by atoms with Crippen LogP contribution in [0.5, 0.6) is 0 Å². The van der Waals surface area contributed by atoms with Gasteiger partial charge in [0.25, 0.3) is 11.8 Å². The first-order chi connectivity index (χ1) is 17.1. The maximum Gasteiger partial charge on any atom is 0.416 e. The second-order valence-corrected chi connectivity index (χ2v) is 9.45. The van der Waals surface area contributed by atoms with Crippen LogP contribution in [0, 0.1) is 6.92 Å². The molecular weight excluding hydrogens is 515 g/mol.